The molecule has 0 fully saturated rings. The smallest absolute Gasteiger partial charge is 0.304 e. The van der Waals surface area contributed by atoms with Gasteiger partial charge in [0, 0.05) is 37.4 Å². The number of thiophene rings is 2. The summed E-state index contributed by atoms with van der Waals surface area (Å²) in [7, 11) is 1.60. The number of hydrogen-bond acceptors (Lipinski definition) is 5. The number of nitrogens with zero attached hydrogens (tertiary/aromatic N) is 1. The molecule has 2 rings (SSSR count). The molecule has 0 aliphatic carbocycles. The summed E-state index contributed by atoms with van der Waals surface area (Å²) in [6, 6.07) is 5.77. The van der Waals surface area contributed by atoms with Crippen molar-refractivity contribution in [3.05, 3.63) is 44.8 Å². The van der Waals surface area contributed by atoms with E-state index < -0.39 is 5.97 Å². The molecule has 0 unspecified atom stereocenters. The number of rotatable bonds is 10. The van der Waals surface area contributed by atoms with Gasteiger partial charge in [-0.05, 0) is 33.8 Å². The zero-order chi connectivity index (χ0) is 17.4. The van der Waals surface area contributed by atoms with Crippen LogP contribution in [0.2, 0.25) is 0 Å². The Labute approximate surface area is 149 Å². The normalized spacial score (nSPS) is 12.0. The van der Waals surface area contributed by atoms with Gasteiger partial charge in [0.05, 0.1) is 13.0 Å². The highest BCUT2D eigenvalue weighted by atomic mass is 32.1. The molecule has 5 nitrogen and oxygen atoms in total. The van der Waals surface area contributed by atoms with E-state index in [9.17, 15) is 9.59 Å². The first-order chi connectivity index (χ1) is 11.6. The lowest BCUT2D eigenvalue weighted by atomic mass is 9.98. The summed E-state index contributed by atoms with van der Waals surface area (Å²) < 4.78 is 5.10. The van der Waals surface area contributed by atoms with Gasteiger partial charge in [0.2, 0.25) is 5.91 Å². The van der Waals surface area contributed by atoms with E-state index in [1.54, 1.807) is 23.3 Å². The van der Waals surface area contributed by atoms with Gasteiger partial charge in [-0.3, -0.25) is 9.59 Å². The molecule has 2 aromatic heterocycles. The number of amides is 1. The Bertz CT molecular complexity index is 625. The van der Waals surface area contributed by atoms with Crippen LogP contribution in [0, 0.1) is 0 Å². The molecule has 0 radical (unpaired) electrons. The fourth-order valence-electron chi connectivity index (χ4n) is 2.44. The standard InChI is InChI=1S/C17H21NO4S2/c1-22-6-5-18(11-13-4-8-23-12-13)16(19)9-14(10-17(20)21)15-3-2-7-24-15/h2-4,7-8,12,14H,5-6,9-11H2,1H3,(H,20,21)/t14-/m0/s1. The zero-order valence-electron chi connectivity index (χ0n) is 13.5. The third-order valence-corrected chi connectivity index (χ3v) is 5.43. The monoisotopic (exact) mass is 367 g/mol. The molecule has 0 aliphatic rings. The minimum atomic E-state index is -0.887. The maximum Gasteiger partial charge on any atom is 0.304 e. The molecule has 0 saturated heterocycles. The van der Waals surface area contributed by atoms with E-state index in [4.69, 9.17) is 9.84 Å². The molecule has 2 aromatic rings. The van der Waals surface area contributed by atoms with Gasteiger partial charge in [-0.15, -0.1) is 11.3 Å². The van der Waals surface area contributed by atoms with Crippen molar-refractivity contribution >= 4 is 34.6 Å². The summed E-state index contributed by atoms with van der Waals surface area (Å²) in [6.45, 7) is 1.48. The molecule has 0 spiro atoms. The van der Waals surface area contributed by atoms with E-state index >= 15 is 0 Å². The summed E-state index contributed by atoms with van der Waals surface area (Å²) in [5.41, 5.74) is 1.08. The number of aliphatic carboxylic acids is 1. The molecule has 0 aromatic carbocycles. The summed E-state index contributed by atoms with van der Waals surface area (Å²) >= 11 is 3.09. The molecule has 24 heavy (non-hydrogen) atoms. The lowest BCUT2D eigenvalue weighted by Gasteiger charge is -2.24. The molecule has 0 saturated carbocycles. The largest absolute Gasteiger partial charge is 0.481 e. The van der Waals surface area contributed by atoms with Crippen LogP contribution in [0.3, 0.4) is 0 Å². The van der Waals surface area contributed by atoms with Crippen molar-refractivity contribution in [1.29, 1.82) is 0 Å². The van der Waals surface area contributed by atoms with Crippen molar-refractivity contribution in [2.45, 2.75) is 25.3 Å². The molecule has 1 amide bonds. The van der Waals surface area contributed by atoms with Gasteiger partial charge >= 0.3 is 5.97 Å². The van der Waals surface area contributed by atoms with Crippen LogP contribution in [0.4, 0.5) is 0 Å². The highest BCUT2D eigenvalue weighted by molar-refractivity contribution is 7.10. The predicted octanol–water partition coefficient (Wildman–Crippen LogP) is 3.43. The first-order valence-electron chi connectivity index (χ1n) is 7.63. The minimum Gasteiger partial charge on any atom is -0.481 e. The van der Waals surface area contributed by atoms with Crippen molar-refractivity contribution in [1.82, 2.24) is 4.90 Å². The van der Waals surface area contributed by atoms with Gasteiger partial charge < -0.3 is 14.7 Å². The molecule has 130 valence electrons. The average molecular weight is 367 g/mol. The maximum absolute atomic E-state index is 12.7. The first kappa shape index (κ1) is 18.6. The summed E-state index contributed by atoms with van der Waals surface area (Å²) in [5.74, 6) is -1.22. The van der Waals surface area contributed by atoms with Gasteiger partial charge in [0.25, 0.3) is 0 Å². The van der Waals surface area contributed by atoms with Gasteiger partial charge in [0.1, 0.15) is 0 Å². The Morgan fingerprint density at radius 1 is 1.29 bits per heavy atom. The van der Waals surface area contributed by atoms with E-state index in [1.165, 1.54) is 11.3 Å². The molecule has 1 N–H and O–H groups in total. The van der Waals surface area contributed by atoms with Crippen LogP contribution in [-0.4, -0.2) is 42.1 Å². The van der Waals surface area contributed by atoms with Crippen LogP contribution in [0.15, 0.2) is 34.3 Å². The van der Waals surface area contributed by atoms with Crippen LogP contribution in [0.5, 0.6) is 0 Å². The molecular formula is C17H21NO4S2. The minimum absolute atomic E-state index is 0.0389. The molecule has 7 heteroatoms. The SMILES string of the molecule is COCCN(Cc1ccsc1)C(=O)C[C@@H](CC(=O)O)c1cccs1. The van der Waals surface area contributed by atoms with Crippen molar-refractivity contribution in [3.8, 4) is 0 Å². The van der Waals surface area contributed by atoms with Crippen LogP contribution in [-0.2, 0) is 20.9 Å². The molecule has 0 aliphatic heterocycles. The van der Waals surface area contributed by atoms with E-state index in [2.05, 4.69) is 0 Å². The van der Waals surface area contributed by atoms with E-state index in [0.29, 0.717) is 19.7 Å². The van der Waals surface area contributed by atoms with Crippen LogP contribution >= 0.6 is 22.7 Å². The number of carboxylic acids is 1. The lowest BCUT2D eigenvalue weighted by Crippen LogP contribution is -2.34. The fourth-order valence-corrected chi connectivity index (χ4v) is 3.93. The first-order valence-corrected chi connectivity index (χ1v) is 9.45. The topological polar surface area (TPSA) is 66.8 Å². The quantitative estimate of drug-likeness (QED) is 0.699. The highest BCUT2D eigenvalue weighted by Gasteiger charge is 2.23. The fraction of sp³-hybridized carbons (Fsp3) is 0.412. The maximum atomic E-state index is 12.7. The second kappa shape index (κ2) is 9.56. The second-order valence-electron chi connectivity index (χ2n) is 5.45. The van der Waals surface area contributed by atoms with E-state index in [0.717, 1.165) is 10.4 Å². The Balaban J connectivity index is 2.06. The second-order valence-corrected chi connectivity index (χ2v) is 7.21. The summed E-state index contributed by atoms with van der Waals surface area (Å²) in [5, 5.41) is 15.0. The van der Waals surface area contributed by atoms with Crippen molar-refractivity contribution in [2.24, 2.45) is 0 Å². The van der Waals surface area contributed by atoms with Crippen molar-refractivity contribution < 1.29 is 19.4 Å². The van der Waals surface area contributed by atoms with E-state index in [1.807, 2.05) is 34.3 Å². The number of methoxy groups -OCH3 is 1. The third-order valence-electron chi connectivity index (χ3n) is 3.66. The molecule has 2 heterocycles. The Morgan fingerprint density at radius 2 is 2.12 bits per heavy atom. The van der Waals surface area contributed by atoms with Crippen molar-refractivity contribution in [2.75, 3.05) is 20.3 Å². The van der Waals surface area contributed by atoms with Gasteiger partial charge in [-0.25, -0.2) is 0 Å². The Morgan fingerprint density at radius 3 is 2.71 bits per heavy atom. The number of carbonyl (C=O) groups is 2. The number of carbonyl (C=O) groups excluding carboxylic acids is 1. The van der Waals surface area contributed by atoms with Crippen LogP contribution in [0.1, 0.15) is 29.2 Å². The van der Waals surface area contributed by atoms with Crippen LogP contribution < -0.4 is 0 Å². The molecule has 1 atom stereocenters. The lowest BCUT2D eigenvalue weighted by molar-refractivity contribution is -0.138. The van der Waals surface area contributed by atoms with Gasteiger partial charge in [-0.2, -0.15) is 11.3 Å². The Kier molecular flexibility index (Phi) is 7.42. The van der Waals surface area contributed by atoms with Crippen LogP contribution in [0.25, 0.3) is 0 Å². The third kappa shape index (κ3) is 5.74. The summed E-state index contributed by atoms with van der Waals surface area (Å²) in [4.78, 5) is 26.6. The number of hydrogen-bond donors (Lipinski definition) is 1. The average Bonchev–Trinajstić information content (AvgIpc) is 3.23. The highest BCUT2D eigenvalue weighted by Crippen LogP contribution is 2.28. The molecule has 0 bridgehead atoms. The summed E-state index contributed by atoms with van der Waals surface area (Å²) in [6.07, 6.45) is 0.156. The van der Waals surface area contributed by atoms with E-state index in [-0.39, 0.29) is 24.7 Å². The van der Waals surface area contributed by atoms with Crippen molar-refractivity contribution in [3.63, 3.8) is 0 Å². The van der Waals surface area contributed by atoms with Gasteiger partial charge in [0.15, 0.2) is 0 Å². The van der Waals surface area contributed by atoms with Gasteiger partial charge in [-0.1, -0.05) is 6.07 Å². The predicted molar refractivity (Wildman–Crippen MR) is 95.5 cm³/mol. The Hall–Kier alpha value is -1.70. The number of ether oxygens (including phenoxy) is 1. The zero-order valence-corrected chi connectivity index (χ0v) is 15.1. The number of carboxylic acid groups (broad SMARTS) is 1. The molecular weight excluding hydrogens is 346 g/mol.